The summed E-state index contributed by atoms with van der Waals surface area (Å²) in [6, 6.07) is 23.3. The van der Waals surface area contributed by atoms with Crippen molar-refractivity contribution in [3.8, 4) is 23.7 Å². The van der Waals surface area contributed by atoms with Crippen molar-refractivity contribution in [3.05, 3.63) is 112 Å². The third-order valence-electron chi connectivity index (χ3n) is 5.51. The Kier molecular flexibility index (Phi) is 8.98. The van der Waals surface area contributed by atoms with E-state index < -0.39 is 0 Å². The topological polar surface area (TPSA) is 0 Å². The minimum Gasteiger partial charge on any atom is -0.0985 e. The summed E-state index contributed by atoms with van der Waals surface area (Å²) in [5.74, 6) is 13.3. The van der Waals surface area contributed by atoms with E-state index in [9.17, 15) is 0 Å². The van der Waals surface area contributed by atoms with E-state index in [0.717, 1.165) is 40.7 Å². The lowest BCUT2D eigenvalue weighted by Gasteiger charge is -2.01. The summed E-state index contributed by atoms with van der Waals surface area (Å²) in [6.45, 7) is 8.34. The molecule has 0 heteroatoms. The van der Waals surface area contributed by atoms with Gasteiger partial charge in [0.15, 0.2) is 0 Å². The first-order valence-electron chi connectivity index (χ1n) is 11.7. The molecule has 3 rings (SSSR count). The molecule has 0 heterocycles. The van der Waals surface area contributed by atoms with Gasteiger partial charge in [-0.15, -0.1) is 0 Å². The lowest BCUT2D eigenvalue weighted by molar-refractivity contribution is 0.795. The molecule has 0 N–H and O–H groups in total. The van der Waals surface area contributed by atoms with Crippen LogP contribution in [-0.4, -0.2) is 0 Å². The summed E-state index contributed by atoms with van der Waals surface area (Å²) in [6.07, 6.45) is 8.99. The molecule has 32 heavy (non-hydrogen) atoms. The van der Waals surface area contributed by atoms with Crippen LogP contribution in [0.25, 0.3) is 6.08 Å². The maximum Gasteiger partial charge on any atom is 0.0411 e. The van der Waals surface area contributed by atoms with Crippen molar-refractivity contribution in [3.63, 3.8) is 0 Å². The van der Waals surface area contributed by atoms with Crippen molar-refractivity contribution in [2.24, 2.45) is 0 Å². The van der Waals surface area contributed by atoms with Gasteiger partial charge in [-0.25, -0.2) is 0 Å². The Balaban J connectivity index is 1.82. The Morgan fingerprint density at radius 2 is 1.12 bits per heavy atom. The van der Waals surface area contributed by atoms with E-state index in [0.29, 0.717) is 0 Å². The fourth-order valence-corrected chi connectivity index (χ4v) is 3.45. The highest BCUT2D eigenvalue weighted by molar-refractivity contribution is 5.60. The van der Waals surface area contributed by atoms with Crippen LogP contribution in [0.2, 0.25) is 0 Å². The molecular formula is C32H32. The number of unbranched alkanes of at least 4 members (excludes halogenated alkanes) is 2. The van der Waals surface area contributed by atoms with E-state index >= 15 is 0 Å². The van der Waals surface area contributed by atoms with Crippen LogP contribution in [0, 0.1) is 23.7 Å². The molecule has 0 saturated carbocycles. The van der Waals surface area contributed by atoms with Crippen LogP contribution in [0.5, 0.6) is 0 Å². The Bertz CT molecular complexity index is 1140. The Labute approximate surface area is 194 Å². The lowest BCUT2D eigenvalue weighted by Crippen LogP contribution is -1.88. The van der Waals surface area contributed by atoms with Crippen LogP contribution in [0.4, 0.5) is 0 Å². The molecule has 0 aliphatic heterocycles. The van der Waals surface area contributed by atoms with E-state index in [4.69, 9.17) is 0 Å². The van der Waals surface area contributed by atoms with E-state index in [-0.39, 0.29) is 0 Å². The largest absolute Gasteiger partial charge is 0.0985 e. The minimum atomic E-state index is 0.935. The molecule has 0 amide bonds. The molecule has 0 aliphatic carbocycles. The molecule has 0 saturated heterocycles. The van der Waals surface area contributed by atoms with Gasteiger partial charge in [0.25, 0.3) is 0 Å². The van der Waals surface area contributed by atoms with Crippen LogP contribution >= 0.6 is 0 Å². The number of aryl methyl sites for hydroxylation is 2. The number of benzene rings is 3. The first kappa shape index (κ1) is 23.2. The second-order valence-electron chi connectivity index (χ2n) is 8.11. The second kappa shape index (κ2) is 12.4. The Hall–Kier alpha value is -3.48. The fraction of sp³-hybridized carbons (Fsp3) is 0.250. The van der Waals surface area contributed by atoms with Crippen LogP contribution in [0.3, 0.4) is 0 Å². The highest BCUT2D eigenvalue weighted by Crippen LogP contribution is 2.13. The highest BCUT2D eigenvalue weighted by atomic mass is 14.0. The predicted octanol–water partition coefficient (Wildman–Crippen LogP) is 7.81. The second-order valence-corrected chi connectivity index (χ2v) is 8.11. The molecule has 3 aromatic rings. The normalized spacial score (nSPS) is 9.94. The molecule has 0 nitrogen and oxygen atoms in total. The van der Waals surface area contributed by atoms with Crippen molar-refractivity contribution < 1.29 is 0 Å². The van der Waals surface area contributed by atoms with Gasteiger partial charge in [0.05, 0.1) is 0 Å². The van der Waals surface area contributed by atoms with Crippen molar-refractivity contribution in [2.75, 3.05) is 0 Å². The highest BCUT2D eigenvalue weighted by Gasteiger charge is 2.00. The molecule has 160 valence electrons. The standard InChI is InChI=1S/C32H32/c1-4-7-9-27-11-15-29(16-12-27)20-23-31-22-19-26(6-3)25-32(31)24-21-30-17-13-28(14-18-30)10-8-5-2/h6,11-19,22,25H,3-5,7-10H2,1-2H3. The third-order valence-corrected chi connectivity index (χ3v) is 5.51. The van der Waals surface area contributed by atoms with E-state index in [1.54, 1.807) is 0 Å². The van der Waals surface area contributed by atoms with Crippen molar-refractivity contribution in [2.45, 2.75) is 52.4 Å². The zero-order chi connectivity index (χ0) is 22.6. The van der Waals surface area contributed by atoms with Gasteiger partial charge in [0, 0.05) is 22.3 Å². The summed E-state index contributed by atoms with van der Waals surface area (Å²) in [4.78, 5) is 0. The Morgan fingerprint density at radius 3 is 1.59 bits per heavy atom. The molecule has 0 radical (unpaired) electrons. The maximum absolute atomic E-state index is 3.89. The van der Waals surface area contributed by atoms with Gasteiger partial charge in [0.1, 0.15) is 0 Å². The smallest absolute Gasteiger partial charge is 0.0411 e. The molecule has 0 unspecified atom stereocenters. The Morgan fingerprint density at radius 1 is 0.625 bits per heavy atom. The van der Waals surface area contributed by atoms with Crippen molar-refractivity contribution in [1.82, 2.24) is 0 Å². The van der Waals surface area contributed by atoms with Gasteiger partial charge in [-0.3, -0.25) is 0 Å². The molecule has 0 spiro atoms. The lowest BCUT2D eigenvalue weighted by atomic mass is 10.0. The molecular weight excluding hydrogens is 384 g/mol. The first-order chi connectivity index (χ1) is 15.7. The van der Waals surface area contributed by atoms with Gasteiger partial charge in [-0.2, -0.15) is 0 Å². The number of hydrogen-bond acceptors (Lipinski definition) is 0. The minimum absolute atomic E-state index is 0.935. The predicted molar refractivity (Wildman–Crippen MR) is 139 cm³/mol. The molecule has 0 fully saturated rings. The molecule has 0 aliphatic rings. The first-order valence-corrected chi connectivity index (χ1v) is 11.7. The van der Waals surface area contributed by atoms with Gasteiger partial charge >= 0.3 is 0 Å². The van der Waals surface area contributed by atoms with E-state index in [1.165, 1.54) is 36.8 Å². The number of rotatable bonds is 7. The average molecular weight is 417 g/mol. The van der Waals surface area contributed by atoms with Crippen molar-refractivity contribution in [1.29, 1.82) is 0 Å². The van der Waals surface area contributed by atoms with Crippen molar-refractivity contribution >= 4 is 6.08 Å². The average Bonchev–Trinajstić information content (AvgIpc) is 2.85. The van der Waals surface area contributed by atoms with Gasteiger partial charge in [0.2, 0.25) is 0 Å². The molecule has 0 atom stereocenters. The SMILES string of the molecule is C=Cc1ccc(C#Cc2ccc(CCCC)cc2)c(C#Cc2ccc(CCCC)cc2)c1. The van der Waals surface area contributed by atoms with Gasteiger partial charge in [-0.1, -0.05) is 93.4 Å². The van der Waals surface area contributed by atoms with Crippen LogP contribution in [0.15, 0.2) is 73.3 Å². The van der Waals surface area contributed by atoms with Gasteiger partial charge in [-0.05, 0) is 78.8 Å². The molecule has 0 aromatic heterocycles. The summed E-state index contributed by atoms with van der Waals surface area (Å²) >= 11 is 0. The monoisotopic (exact) mass is 416 g/mol. The molecule has 0 bridgehead atoms. The zero-order valence-electron chi connectivity index (χ0n) is 19.4. The summed E-state index contributed by atoms with van der Waals surface area (Å²) in [5, 5.41) is 0. The fourth-order valence-electron chi connectivity index (χ4n) is 3.45. The summed E-state index contributed by atoms with van der Waals surface area (Å²) in [7, 11) is 0. The maximum atomic E-state index is 3.89. The zero-order valence-corrected chi connectivity index (χ0v) is 19.4. The van der Waals surface area contributed by atoms with E-state index in [1.807, 2.05) is 18.2 Å². The number of hydrogen-bond donors (Lipinski definition) is 0. The van der Waals surface area contributed by atoms with Gasteiger partial charge < -0.3 is 0 Å². The van der Waals surface area contributed by atoms with E-state index in [2.05, 4.69) is 98.7 Å². The van der Waals surface area contributed by atoms with Crippen LogP contribution < -0.4 is 0 Å². The summed E-state index contributed by atoms with van der Waals surface area (Å²) in [5.41, 5.74) is 7.73. The van der Waals surface area contributed by atoms with Crippen LogP contribution in [-0.2, 0) is 12.8 Å². The summed E-state index contributed by atoms with van der Waals surface area (Å²) < 4.78 is 0. The quantitative estimate of drug-likeness (QED) is 0.344. The molecule has 3 aromatic carbocycles. The third kappa shape index (κ3) is 7.04. The van der Waals surface area contributed by atoms with Crippen LogP contribution in [0.1, 0.15) is 78.5 Å².